The summed E-state index contributed by atoms with van der Waals surface area (Å²) in [7, 11) is 0. The van der Waals surface area contributed by atoms with Gasteiger partial charge in [-0.05, 0) is 35.0 Å². The standard InChI is InChI=1S/C21H13ClN2O3/c22-15-8-5-13(6-9-15)18-17-19(27-23-18)21(26)24(20(17)25)16-10-7-12-3-1-2-4-14(12)11-16/h1-11,19,23H/t19-/m0/s1. The number of hydrogen-bond donors (Lipinski definition) is 1. The van der Waals surface area contributed by atoms with Crippen molar-refractivity contribution in [2.24, 2.45) is 0 Å². The van der Waals surface area contributed by atoms with E-state index in [1.807, 2.05) is 36.4 Å². The Bertz CT molecular complexity index is 1140. The predicted octanol–water partition coefficient (Wildman–Crippen LogP) is 3.68. The Morgan fingerprint density at radius 2 is 1.67 bits per heavy atom. The molecule has 0 aromatic heterocycles. The van der Waals surface area contributed by atoms with E-state index in [4.69, 9.17) is 16.4 Å². The minimum Gasteiger partial charge on any atom is -0.270 e. The molecule has 27 heavy (non-hydrogen) atoms. The van der Waals surface area contributed by atoms with Gasteiger partial charge >= 0.3 is 0 Å². The fourth-order valence-electron chi connectivity index (χ4n) is 3.48. The van der Waals surface area contributed by atoms with E-state index in [9.17, 15) is 9.59 Å². The number of anilines is 1. The lowest BCUT2D eigenvalue weighted by Crippen LogP contribution is -2.34. The minimum atomic E-state index is -0.949. The summed E-state index contributed by atoms with van der Waals surface area (Å²) in [6, 6.07) is 20.3. The number of halogens is 1. The first kappa shape index (κ1) is 16.1. The lowest BCUT2D eigenvalue weighted by Gasteiger charge is -2.16. The summed E-state index contributed by atoms with van der Waals surface area (Å²) in [6.07, 6.45) is -0.949. The quantitative estimate of drug-likeness (QED) is 0.693. The number of nitrogens with one attached hydrogen (secondary N) is 1. The maximum absolute atomic E-state index is 13.1. The number of hydrogen-bond acceptors (Lipinski definition) is 4. The fraction of sp³-hybridized carbons (Fsp3) is 0.0476. The molecule has 1 atom stereocenters. The van der Waals surface area contributed by atoms with Crippen LogP contribution in [0.25, 0.3) is 16.5 Å². The highest BCUT2D eigenvalue weighted by atomic mass is 35.5. The first-order chi connectivity index (χ1) is 13.1. The number of hydroxylamine groups is 1. The van der Waals surface area contributed by atoms with Crippen LogP contribution in [-0.2, 0) is 14.4 Å². The first-order valence-electron chi connectivity index (χ1n) is 8.42. The zero-order valence-corrected chi connectivity index (χ0v) is 14.7. The molecule has 6 heteroatoms. The number of fused-ring (bicyclic) bond motifs is 2. The van der Waals surface area contributed by atoms with E-state index in [2.05, 4.69) is 5.48 Å². The second-order valence-electron chi connectivity index (χ2n) is 6.41. The lowest BCUT2D eigenvalue weighted by atomic mass is 10.1. The van der Waals surface area contributed by atoms with Gasteiger partial charge in [0, 0.05) is 10.6 Å². The average molecular weight is 377 g/mol. The number of rotatable bonds is 2. The molecular formula is C21H13ClN2O3. The van der Waals surface area contributed by atoms with E-state index in [1.165, 1.54) is 4.90 Å². The highest BCUT2D eigenvalue weighted by Gasteiger charge is 2.50. The molecule has 1 fully saturated rings. The molecule has 132 valence electrons. The first-order valence-corrected chi connectivity index (χ1v) is 8.80. The Morgan fingerprint density at radius 1 is 0.926 bits per heavy atom. The summed E-state index contributed by atoms with van der Waals surface area (Å²) in [5.41, 5.74) is 4.81. The number of amides is 2. The van der Waals surface area contributed by atoms with Gasteiger partial charge in [0.05, 0.1) is 17.0 Å². The maximum atomic E-state index is 13.1. The Morgan fingerprint density at radius 3 is 2.44 bits per heavy atom. The fourth-order valence-corrected chi connectivity index (χ4v) is 3.61. The van der Waals surface area contributed by atoms with E-state index in [0.717, 1.165) is 16.3 Å². The van der Waals surface area contributed by atoms with Crippen LogP contribution in [0, 0.1) is 0 Å². The van der Waals surface area contributed by atoms with Crippen LogP contribution in [0.4, 0.5) is 5.69 Å². The second kappa shape index (κ2) is 5.94. The molecule has 1 saturated heterocycles. The van der Waals surface area contributed by atoms with E-state index >= 15 is 0 Å². The summed E-state index contributed by atoms with van der Waals surface area (Å²) in [5.74, 6) is -0.781. The summed E-state index contributed by atoms with van der Waals surface area (Å²) >= 11 is 5.94. The maximum Gasteiger partial charge on any atom is 0.270 e. The number of imide groups is 1. The molecule has 0 saturated carbocycles. The van der Waals surface area contributed by atoms with Crippen LogP contribution in [0.1, 0.15) is 5.56 Å². The van der Waals surface area contributed by atoms with Crippen molar-refractivity contribution < 1.29 is 14.4 Å². The van der Waals surface area contributed by atoms with Gasteiger partial charge in [0.2, 0.25) is 0 Å². The third-order valence-electron chi connectivity index (χ3n) is 4.81. The van der Waals surface area contributed by atoms with Crippen LogP contribution in [0.3, 0.4) is 0 Å². The summed E-state index contributed by atoms with van der Waals surface area (Å²) < 4.78 is 0. The SMILES string of the molecule is O=C1C2=C(c3ccc(Cl)cc3)NO[C@@H]2C(=O)N1c1ccc2ccccc2c1. The third-order valence-corrected chi connectivity index (χ3v) is 5.06. The molecule has 0 radical (unpaired) electrons. The molecule has 1 N–H and O–H groups in total. The third kappa shape index (κ3) is 2.44. The van der Waals surface area contributed by atoms with Gasteiger partial charge in [-0.15, -0.1) is 0 Å². The highest BCUT2D eigenvalue weighted by molar-refractivity contribution is 6.33. The molecule has 5 nitrogen and oxygen atoms in total. The van der Waals surface area contributed by atoms with Crippen molar-refractivity contribution >= 4 is 45.6 Å². The van der Waals surface area contributed by atoms with Crippen molar-refractivity contribution in [2.45, 2.75) is 6.10 Å². The lowest BCUT2D eigenvalue weighted by molar-refractivity contribution is -0.127. The molecule has 0 spiro atoms. The van der Waals surface area contributed by atoms with E-state index in [-0.39, 0.29) is 5.91 Å². The Kier molecular flexibility index (Phi) is 3.53. The van der Waals surface area contributed by atoms with Crippen LogP contribution in [0.2, 0.25) is 5.02 Å². The van der Waals surface area contributed by atoms with E-state index in [0.29, 0.717) is 22.0 Å². The van der Waals surface area contributed by atoms with Crippen molar-refractivity contribution in [3.8, 4) is 0 Å². The van der Waals surface area contributed by atoms with Crippen LogP contribution in [-0.4, -0.2) is 17.9 Å². The number of carbonyl (C=O) groups is 2. The van der Waals surface area contributed by atoms with Gasteiger partial charge in [-0.1, -0.05) is 54.1 Å². The molecule has 5 rings (SSSR count). The van der Waals surface area contributed by atoms with Crippen molar-refractivity contribution in [1.82, 2.24) is 5.48 Å². The monoisotopic (exact) mass is 376 g/mol. The average Bonchev–Trinajstić information content (AvgIpc) is 3.23. The van der Waals surface area contributed by atoms with Gasteiger partial charge in [0.25, 0.3) is 11.8 Å². The van der Waals surface area contributed by atoms with Crippen LogP contribution < -0.4 is 10.4 Å². The second-order valence-corrected chi connectivity index (χ2v) is 6.84. The molecule has 3 aromatic rings. The number of nitrogens with zero attached hydrogens (tertiary/aromatic N) is 1. The van der Waals surface area contributed by atoms with Crippen molar-refractivity contribution in [3.63, 3.8) is 0 Å². The molecular weight excluding hydrogens is 364 g/mol. The number of carbonyl (C=O) groups excluding carboxylic acids is 2. The summed E-state index contributed by atoms with van der Waals surface area (Å²) in [5, 5.41) is 2.59. The van der Waals surface area contributed by atoms with Gasteiger partial charge in [-0.2, -0.15) is 0 Å². The smallest absolute Gasteiger partial charge is 0.270 e. The largest absolute Gasteiger partial charge is 0.270 e. The topological polar surface area (TPSA) is 58.6 Å². The van der Waals surface area contributed by atoms with Gasteiger partial charge < -0.3 is 0 Å². The zero-order chi connectivity index (χ0) is 18.5. The minimum absolute atomic E-state index is 0.315. The molecule has 2 aliphatic rings. The normalized spacial score (nSPS) is 19.0. The molecule has 2 aliphatic heterocycles. The van der Waals surface area contributed by atoms with E-state index in [1.54, 1.807) is 30.3 Å². The summed E-state index contributed by atoms with van der Waals surface area (Å²) in [6.45, 7) is 0. The van der Waals surface area contributed by atoms with Crippen molar-refractivity contribution in [2.75, 3.05) is 4.90 Å². The van der Waals surface area contributed by atoms with Crippen molar-refractivity contribution in [3.05, 3.63) is 82.9 Å². The molecule has 2 amide bonds. The zero-order valence-electron chi connectivity index (χ0n) is 14.0. The Balaban J connectivity index is 1.60. The van der Waals surface area contributed by atoms with E-state index < -0.39 is 12.0 Å². The van der Waals surface area contributed by atoms with Crippen molar-refractivity contribution in [1.29, 1.82) is 0 Å². The Hall–Kier alpha value is -3.15. The van der Waals surface area contributed by atoms with Gasteiger partial charge in [-0.3, -0.25) is 19.9 Å². The highest BCUT2D eigenvalue weighted by Crippen LogP contribution is 2.36. The van der Waals surface area contributed by atoms with Crippen LogP contribution in [0.15, 0.2) is 72.3 Å². The molecule has 2 heterocycles. The van der Waals surface area contributed by atoms with Crippen LogP contribution in [0.5, 0.6) is 0 Å². The molecule has 0 unspecified atom stereocenters. The predicted molar refractivity (Wildman–Crippen MR) is 103 cm³/mol. The van der Waals surface area contributed by atoms with Gasteiger partial charge in [0.15, 0.2) is 6.10 Å². The molecule has 0 bridgehead atoms. The van der Waals surface area contributed by atoms with Gasteiger partial charge in [-0.25, -0.2) is 4.90 Å². The Labute approximate surface area is 159 Å². The summed E-state index contributed by atoms with van der Waals surface area (Å²) in [4.78, 5) is 32.5. The molecule has 3 aromatic carbocycles. The van der Waals surface area contributed by atoms with Gasteiger partial charge in [0.1, 0.15) is 0 Å². The van der Waals surface area contributed by atoms with Crippen LogP contribution >= 0.6 is 11.6 Å². The number of benzene rings is 3. The molecule has 0 aliphatic carbocycles.